The lowest BCUT2D eigenvalue weighted by molar-refractivity contribution is 0.0898. The first-order valence-electron chi connectivity index (χ1n) is 9.21. The Labute approximate surface area is 154 Å². The minimum absolute atomic E-state index is 0.00744. The van der Waals surface area contributed by atoms with Crippen LogP contribution in [-0.4, -0.2) is 41.6 Å². The number of likely N-dealkylation sites (N-methyl/N-ethyl adjacent to an activating group) is 1. The number of pyridine rings is 1. The zero-order valence-electron chi connectivity index (χ0n) is 15.6. The molecule has 0 bridgehead atoms. The van der Waals surface area contributed by atoms with Gasteiger partial charge in [-0.15, -0.1) is 0 Å². The van der Waals surface area contributed by atoms with Crippen LogP contribution in [0.3, 0.4) is 0 Å². The first-order valence-corrected chi connectivity index (χ1v) is 9.21. The van der Waals surface area contributed by atoms with E-state index in [-0.39, 0.29) is 22.6 Å². The number of nitrogens with zero attached hydrogens (tertiary/aromatic N) is 2. The number of rotatable bonds is 6. The second-order valence-electron chi connectivity index (χ2n) is 7.35. The zero-order valence-corrected chi connectivity index (χ0v) is 15.6. The van der Waals surface area contributed by atoms with E-state index >= 15 is 0 Å². The van der Waals surface area contributed by atoms with E-state index in [4.69, 9.17) is 0 Å². The van der Waals surface area contributed by atoms with E-state index in [1.807, 2.05) is 30.3 Å². The summed E-state index contributed by atoms with van der Waals surface area (Å²) in [5, 5.41) is 3.00. The van der Waals surface area contributed by atoms with Gasteiger partial charge >= 0.3 is 0 Å². The van der Waals surface area contributed by atoms with Gasteiger partial charge in [-0.25, -0.2) is 0 Å². The third-order valence-corrected chi connectivity index (χ3v) is 5.52. The van der Waals surface area contributed by atoms with Gasteiger partial charge in [-0.2, -0.15) is 0 Å². The van der Waals surface area contributed by atoms with Crippen LogP contribution in [-0.2, 0) is 6.54 Å². The summed E-state index contributed by atoms with van der Waals surface area (Å²) < 4.78 is 1.58. The van der Waals surface area contributed by atoms with Crippen LogP contribution in [0.2, 0.25) is 0 Å². The Kier molecular flexibility index (Phi) is 5.57. The van der Waals surface area contributed by atoms with E-state index < -0.39 is 0 Å². The predicted octanol–water partition coefficient (Wildman–Crippen LogP) is 2.50. The normalized spacial score (nSPS) is 16.0. The summed E-state index contributed by atoms with van der Waals surface area (Å²) in [4.78, 5) is 27.6. The van der Waals surface area contributed by atoms with Crippen molar-refractivity contribution in [1.29, 1.82) is 0 Å². The standard InChI is InChI=1S/C21H27N3O2/c1-23(2)21(12-6-7-13-21)16-22-19(25)18-11-8-14-24(20(18)26)15-17-9-4-3-5-10-17/h3-5,8-11,14H,6-7,12-13,15-16H2,1-2H3,(H,22,25). The van der Waals surface area contributed by atoms with E-state index in [9.17, 15) is 9.59 Å². The molecule has 1 N–H and O–H groups in total. The maximum Gasteiger partial charge on any atom is 0.263 e. The van der Waals surface area contributed by atoms with Crippen molar-refractivity contribution in [3.63, 3.8) is 0 Å². The summed E-state index contributed by atoms with van der Waals surface area (Å²) in [5.74, 6) is -0.287. The largest absolute Gasteiger partial charge is 0.350 e. The van der Waals surface area contributed by atoms with Crippen molar-refractivity contribution >= 4 is 5.91 Å². The lowest BCUT2D eigenvalue weighted by Crippen LogP contribution is -2.51. The van der Waals surface area contributed by atoms with Gasteiger partial charge in [0.05, 0.1) is 6.54 Å². The molecule has 5 nitrogen and oxygen atoms in total. The number of aromatic nitrogens is 1. The SMILES string of the molecule is CN(C)C1(CNC(=O)c2cccn(Cc3ccccc3)c2=O)CCCC1. The first kappa shape index (κ1) is 18.4. The number of carbonyl (C=O) groups is 1. The fraction of sp³-hybridized carbons (Fsp3) is 0.429. The predicted molar refractivity (Wildman–Crippen MR) is 103 cm³/mol. The molecule has 5 heteroatoms. The van der Waals surface area contributed by atoms with Gasteiger partial charge in [-0.3, -0.25) is 9.59 Å². The van der Waals surface area contributed by atoms with E-state index in [0.717, 1.165) is 18.4 Å². The maximum atomic E-state index is 12.7. The van der Waals surface area contributed by atoms with Crippen molar-refractivity contribution in [2.24, 2.45) is 0 Å². The summed E-state index contributed by atoms with van der Waals surface area (Å²) in [6.07, 6.45) is 6.25. The van der Waals surface area contributed by atoms with Crippen LogP contribution in [0.4, 0.5) is 0 Å². The summed E-state index contributed by atoms with van der Waals surface area (Å²) in [5.41, 5.74) is 0.993. The minimum atomic E-state index is -0.287. The van der Waals surface area contributed by atoms with Gasteiger partial charge in [-0.05, 0) is 44.6 Å². The Morgan fingerprint density at radius 3 is 2.46 bits per heavy atom. The molecule has 0 radical (unpaired) electrons. The summed E-state index contributed by atoms with van der Waals surface area (Å²) >= 11 is 0. The van der Waals surface area contributed by atoms with E-state index in [2.05, 4.69) is 24.3 Å². The van der Waals surface area contributed by atoms with Crippen molar-refractivity contribution in [2.75, 3.05) is 20.6 Å². The number of benzene rings is 1. The quantitative estimate of drug-likeness (QED) is 0.868. The lowest BCUT2D eigenvalue weighted by atomic mass is 9.96. The fourth-order valence-corrected chi connectivity index (χ4v) is 3.77. The molecule has 1 aromatic carbocycles. The van der Waals surface area contributed by atoms with Crippen molar-refractivity contribution in [2.45, 2.75) is 37.8 Å². The Bertz CT molecular complexity index is 806. The molecule has 1 heterocycles. The van der Waals surface area contributed by atoms with E-state index in [1.165, 1.54) is 12.8 Å². The average Bonchev–Trinajstić information content (AvgIpc) is 3.13. The van der Waals surface area contributed by atoms with Gasteiger partial charge in [-0.1, -0.05) is 43.2 Å². The number of carbonyl (C=O) groups excluding carboxylic acids is 1. The van der Waals surface area contributed by atoms with Gasteiger partial charge in [0.25, 0.3) is 11.5 Å². The smallest absolute Gasteiger partial charge is 0.263 e. The van der Waals surface area contributed by atoms with Gasteiger partial charge in [0.15, 0.2) is 0 Å². The summed E-state index contributed by atoms with van der Waals surface area (Å²) in [6, 6.07) is 13.1. The maximum absolute atomic E-state index is 12.7. The molecule has 1 aliphatic rings. The highest BCUT2D eigenvalue weighted by Crippen LogP contribution is 2.33. The molecule has 138 valence electrons. The summed E-state index contributed by atoms with van der Waals surface area (Å²) in [7, 11) is 4.12. The number of hydrogen-bond donors (Lipinski definition) is 1. The molecular formula is C21H27N3O2. The monoisotopic (exact) mass is 353 g/mol. The third-order valence-electron chi connectivity index (χ3n) is 5.52. The molecule has 0 saturated heterocycles. The van der Waals surface area contributed by atoms with Crippen molar-refractivity contribution in [3.8, 4) is 0 Å². The molecule has 1 amide bonds. The Morgan fingerprint density at radius 1 is 1.12 bits per heavy atom. The van der Waals surface area contributed by atoms with Crippen LogP contribution in [0, 0.1) is 0 Å². The number of nitrogens with one attached hydrogen (secondary N) is 1. The van der Waals surface area contributed by atoms with Crippen molar-refractivity contribution in [3.05, 3.63) is 70.1 Å². The highest BCUT2D eigenvalue weighted by Gasteiger charge is 2.36. The Hall–Kier alpha value is -2.40. The number of hydrogen-bond acceptors (Lipinski definition) is 3. The van der Waals surface area contributed by atoms with Crippen LogP contribution in [0.1, 0.15) is 41.6 Å². The molecule has 26 heavy (non-hydrogen) atoms. The zero-order chi connectivity index (χ0) is 18.6. The fourth-order valence-electron chi connectivity index (χ4n) is 3.77. The average molecular weight is 353 g/mol. The van der Waals surface area contributed by atoms with Crippen molar-refractivity contribution in [1.82, 2.24) is 14.8 Å². The molecule has 0 unspecified atom stereocenters. The summed E-state index contributed by atoms with van der Waals surface area (Å²) in [6.45, 7) is 1.04. The molecule has 0 spiro atoms. The number of amides is 1. The lowest BCUT2D eigenvalue weighted by Gasteiger charge is -2.36. The van der Waals surface area contributed by atoms with Gasteiger partial charge < -0.3 is 14.8 Å². The topological polar surface area (TPSA) is 54.3 Å². The minimum Gasteiger partial charge on any atom is -0.350 e. The molecule has 1 fully saturated rings. The van der Waals surface area contributed by atoms with Crippen LogP contribution in [0.15, 0.2) is 53.5 Å². The molecule has 2 aromatic rings. The second kappa shape index (κ2) is 7.87. The highest BCUT2D eigenvalue weighted by molar-refractivity contribution is 5.93. The second-order valence-corrected chi connectivity index (χ2v) is 7.35. The van der Waals surface area contributed by atoms with Gasteiger partial charge in [0, 0.05) is 18.3 Å². The molecule has 0 atom stereocenters. The molecule has 0 aliphatic heterocycles. The van der Waals surface area contributed by atoms with Crippen LogP contribution < -0.4 is 10.9 Å². The molecule has 3 rings (SSSR count). The molecule has 1 saturated carbocycles. The molecule has 1 aromatic heterocycles. The van der Waals surface area contributed by atoms with Crippen LogP contribution >= 0.6 is 0 Å². The Morgan fingerprint density at radius 2 is 1.81 bits per heavy atom. The van der Waals surface area contributed by atoms with Crippen LogP contribution in [0.25, 0.3) is 0 Å². The van der Waals surface area contributed by atoms with E-state index in [0.29, 0.717) is 13.1 Å². The Balaban J connectivity index is 1.73. The van der Waals surface area contributed by atoms with E-state index in [1.54, 1.807) is 22.9 Å². The third kappa shape index (κ3) is 3.88. The van der Waals surface area contributed by atoms with Gasteiger partial charge in [0.2, 0.25) is 0 Å². The van der Waals surface area contributed by atoms with Crippen LogP contribution in [0.5, 0.6) is 0 Å². The highest BCUT2D eigenvalue weighted by atomic mass is 16.2. The van der Waals surface area contributed by atoms with Crippen molar-refractivity contribution < 1.29 is 4.79 Å². The van der Waals surface area contributed by atoms with Gasteiger partial charge in [0.1, 0.15) is 5.56 Å². The first-order chi connectivity index (χ1) is 12.5. The molecule has 1 aliphatic carbocycles. The molecular weight excluding hydrogens is 326 g/mol.